The van der Waals surface area contributed by atoms with Crippen molar-refractivity contribution < 1.29 is 19.1 Å². The molecule has 0 radical (unpaired) electrons. The Bertz CT molecular complexity index is 714. The molecule has 1 N–H and O–H groups in total. The zero-order chi connectivity index (χ0) is 22.9. The van der Waals surface area contributed by atoms with Crippen LogP contribution < -0.4 is 10.2 Å². The van der Waals surface area contributed by atoms with Crippen molar-refractivity contribution in [2.75, 3.05) is 36.9 Å². The average Bonchev–Trinajstić information content (AvgIpc) is 2.59. The molecular formula is C22H34Cl2N2O4. The minimum Gasteiger partial charge on any atom is -0.469 e. The standard InChI is InChI=1S/C22H34Cl2N2O4/c1-15-11-16(2)20(26(9-7-23)10-8-24)17(12-15)13-18(14-19(27)29-6)25-21(28)30-22(3,4)5/h11-12,18H,7-10,13-14H2,1-6H3,(H,25,28)/t18-/m0/s1. The van der Waals surface area contributed by atoms with Gasteiger partial charge >= 0.3 is 12.1 Å². The van der Waals surface area contributed by atoms with Gasteiger partial charge in [0.1, 0.15) is 5.60 Å². The van der Waals surface area contributed by atoms with E-state index in [-0.39, 0.29) is 6.42 Å². The number of methoxy groups -OCH3 is 1. The zero-order valence-electron chi connectivity index (χ0n) is 18.8. The Hall–Kier alpha value is -1.66. The predicted molar refractivity (Wildman–Crippen MR) is 123 cm³/mol. The highest BCUT2D eigenvalue weighted by atomic mass is 35.5. The summed E-state index contributed by atoms with van der Waals surface area (Å²) in [6.45, 7) is 10.7. The van der Waals surface area contributed by atoms with Gasteiger partial charge in [0.15, 0.2) is 0 Å². The van der Waals surface area contributed by atoms with E-state index in [0.29, 0.717) is 31.3 Å². The van der Waals surface area contributed by atoms with Crippen molar-refractivity contribution in [3.8, 4) is 0 Å². The van der Waals surface area contributed by atoms with E-state index >= 15 is 0 Å². The Labute approximate surface area is 190 Å². The summed E-state index contributed by atoms with van der Waals surface area (Å²) in [5.74, 6) is 0.525. The Morgan fingerprint density at radius 2 is 1.73 bits per heavy atom. The number of hydrogen-bond donors (Lipinski definition) is 1. The van der Waals surface area contributed by atoms with Gasteiger partial charge in [-0.1, -0.05) is 17.7 Å². The highest BCUT2D eigenvalue weighted by Crippen LogP contribution is 2.29. The molecule has 0 aliphatic rings. The summed E-state index contributed by atoms with van der Waals surface area (Å²) in [5.41, 5.74) is 3.59. The summed E-state index contributed by atoms with van der Waals surface area (Å²) in [6.07, 6.45) is -0.0961. The van der Waals surface area contributed by atoms with E-state index in [2.05, 4.69) is 22.3 Å². The van der Waals surface area contributed by atoms with Gasteiger partial charge in [-0.3, -0.25) is 4.79 Å². The lowest BCUT2D eigenvalue weighted by Crippen LogP contribution is -2.42. The van der Waals surface area contributed by atoms with Crippen molar-refractivity contribution in [2.45, 2.75) is 59.1 Å². The summed E-state index contributed by atoms with van der Waals surface area (Å²) in [5, 5.41) is 2.82. The quantitative estimate of drug-likeness (QED) is 0.408. The van der Waals surface area contributed by atoms with Crippen molar-refractivity contribution in [3.63, 3.8) is 0 Å². The highest BCUT2D eigenvalue weighted by molar-refractivity contribution is 6.18. The zero-order valence-corrected chi connectivity index (χ0v) is 20.3. The summed E-state index contributed by atoms with van der Waals surface area (Å²) in [7, 11) is 1.33. The van der Waals surface area contributed by atoms with Crippen molar-refractivity contribution in [2.24, 2.45) is 0 Å². The molecule has 6 nitrogen and oxygen atoms in total. The second-order valence-electron chi connectivity index (χ2n) is 8.28. The lowest BCUT2D eigenvalue weighted by Gasteiger charge is -2.30. The fourth-order valence-electron chi connectivity index (χ4n) is 3.39. The predicted octanol–water partition coefficient (Wildman–Crippen LogP) is 4.59. The third kappa shape index (κ3) is 9.00. The van der Waals surface area contributed by atoms with Gasteiger partial charge in [-0.25, -0.2) is 4.79 Å². The van der Waals surface area contributed by atoms with Crippen LogP contribution in [0, 0.1) is 13.8 Å². The number of benzene rings is 1. The van der Waals surface area contributed by atoms with Gasteiger partial charge in [0.05, 0.1) is 13.5 Å². The molecule has 0 spiro atoms. The van der Waals surface area contributed by atoms with E-state index in [1.165, 1.54) is 7.11 Å². The number of nitrogens with zero attached hydrogens (tertiary/aromatic N) is 1. The number of nitrogens with one attached hydrogen (secondary N) is 1. The van der Waals surface area contributed by atoms with Gasteiger partial charge in [0.2, 0.25) is 0 Å². The molecule has 170 valence electrons. The van der Waals surface area contributed by atoms with Gasteiger partial charge in [-0.2, -0.15) is 0 Å². The van der Waals surface area contributed by atoms with Crippen LogP contribution in [0.5, 0.6) is 0 Å². The van der Waals surface area contributed by atoms with Crippen LogP contribution in [0.25, 0.3) is 0 Å². The number of rotatable bonds is 10. The van der Waals surface area contributed by atoms with Crippen LogP contribution in [0.15, 0.2) is 12.1 Å². The first-order valence-corrected chi connectivity index (χ1v) is 11.1. The molecule has 1 aromatic rings. The number of alkyl carbamates (subject to hydrolysis) is 1. The lowest BCUT2D eigenvalue weighted by atomic mass is 9.96. The van der Waals surface area contributed by atoms with Crippen molar-refractivity contribution >= 4 is 41.0 Å². The van der Waals surface area contributed by atoms with E-state index in [0.717, 1.165) is 22.4 Å². The van der Waals surface area contributed by atoms with Crippen LogP contribution in [-0.4, -0.2) is 55.7 Å². The fourth-order valence-corrected chi connectivity index (χ4v) is 3.80. The average molecular weight is 461 g/mol. The molecule has 0 heterocycles. The number of ether oxygens (including phenoxy) is 2. The number of anilines is 1. The summed E-state index contributed by atoms with van der Waals surface area (Å²) < 4.78 is 10.2. The van der Waals surface area contributed by atoms with E-state index in [1.807, 2.05) is 13.8 Å². The molecule has 1 amide bonds. The molecule has 1 rings (SSSR count). The van der Waals surface area contributed by atoms with Gasteiger partial charge in [0, 0.05) is 36.6 Å². The number of hydrogen-bond acceptors (Lipinski definition) is 5. The van der Waals surface area contributed by atoms with Gasteiger partial charge in [-0.05, 0) is 52.2 Å². The largest absolute Gasteiger partial charge is 0.469 e. The summed E-state index contributed by atoms with van der Waals surface area (Å²) in [4.78, 5) is 26.5. The van der Waals surface area contributed by atoms with E-state index in [4.69, 9.17) is 32.7 Å². The molecule has 0 unspecified atom stereocenters. The topological polar surface area (TPSA) is 67.9 Å². The molecule has 0 aliphatic heterocycles. The molecule has 1 atom stereocenters. The Balaban J connectivity index is 3.25. The van der Waals surface area contributed by atoms with Crippen LogP contribution in [0.2, 0.25) is 0 Å². The molecule has 1 aromatic carbocycles. The number of halogens is 2. The smallest absolute Gasteiger partial charge is 0.407 e. The number of carbonyl (C=O) groups is 2. The van der Waals surface area contributed by atoms with Crippen LogP contribution in [0.4, 0.5) is 10.5 Å². The molecule has 0 saturated carbocycles. The fraction of sp³-hybridized carbons (Fsp3) is 0.636. The molecule has 0 aromatic heterocycles. The number of aryl methyl sites for hydroxylation is 2. The lowest BCUT2D eigenvalue weighted by molar-refractivity contribution is -0.141. The second-order valence-corrected chi connectivity index (χ2v) is 9.04. The molecule has 0 bridgehead atoms. The minimum absolute atomic E-state index is 0.0349. The van der Waals surface area contributed by atoms with E-state index in [9.17, 15) is 9.59 Å². The summed E-state index contributed by atoms with van der Waals surface area (Å²) in [6, 6.07) is 3.69. The van der Waals surface area contributed by atoms with Crippen molar-refractivity contribution in [1.29, 1.82) is 0 Å². The monoisotopic (exact) mass is 460 g/mol. The maximum atomic E-state index is 12.4. The van der Waals surface area contributed by atoms with E-state index in [1.54, 1.807) is 20.8 Å². The van der Waals surface area contributed by atoms with Crippen LogP contribution >= 0.6 is 23.2 Å². The first kappa shape index (κ1) is 26.4. The van der Waals surface area contributed by atoms with Crippen molar-refractivity contribution in [1.82, 2.24) is 5.32 Å². The summed E-state index contributed by atoms with van der Waals surface area (Å²) >= 11 is 12.0. The van der Waals surface area contributed by atoms with Crippen LogP contribution in [0.3, 0.4) is 0 Å². The van der Waals surface area contributed by atoms with Gasteiger partial charge in [-0.15, -0.1) is 23.2 Å². The maximum absolute atomic E-state index is 12.4. The SMILES string of the molecule is COC(=O)C[C@H](Cc1cc(C)cc(C)c1N(CCCl)CCCl)NC(=O)OC(C)(C)C. The number of alkyl halides is 2. The maximum Gasteiger partial charge on any atom is 0.407 e. The highest BCUT2D eigenvalue weighted by Gasteiger charge is 2.24. The molecule has 30 heavy (non-hydrogen) atoms. The van der Waals surface area contributed by atoms with Gasteiger partial charge in [0.25, 0.3) is 0 Å². The van der Waals surface area contributed by atoms with Gasteiger partial charge < -0.3 is 19.7 Å². The number of carbonyl (C=O) groups excluding carboxylic acids is 2. The minimum atomic E-state index is -0.636. The first-order valence-electron chi connectivity index (χ1n) is 10.0. The normalized spacial score (nSPS) is 12.3. The Morgan fingerprint density at radius 1 is 1.13 bits per heavy atom. The first-order chi connectivity index (χ1) is 14.0. The number of amides is 1. The second kappa shape index (κ2) is 12.3. The molecular weight excluding hydrogens is 427 g/mol. The van der Waals surface area contributed by atoms with Crippen LogP contribution in [-0.2, 0) is 20.7 Å². The third-order valence-corrected chi connectivity index (χ3v) is 4.71. The Kier molecular flexibility index (Phi) is 10.8. The third-order valence-electron chi connectivity index (χ3n) is 4.38. The molecule has 0 fully saturated rings. The molecule has 0 aliphatic carbocycles. The molecule has 0 saturated heterocycles. The number of esters is 1. The van der Waals surface area contributed by atoms with Crippen molar-refractivity contribution in [3.05, 3.63) is 28.8 Å². The van der Waals surface area contributed by atoms with E-state index < -0.39 is 23.7 Å². The Morgan fingerprint density at radius 3 is 2.23 bits per heavy atom. The van der Waals surface area contributed by atoms with Crippen LogP contribution in [0.1, 0.15) is 43.9 Å². The molecule has 8 heteroatoms.